The fourth-order valence-electron chi connectivity index (χ4n) is 1.35. The van der Waals surface area contributed by atoms with E-state index in [1.165, 1.54) is 24.8 Å². The molecule has 0 unspecified atom stereocenters. The zero-order chi connectivity index (χ0) is 8.10. The van der Waals surface area contributed by atoms with Gasteiger partial charge in [0.05, 0.1) is 7.11 Å². The molecule has 0 spiro atoms. The smallest absolute Gasteiger partial charge is 0.118 e. The summed E-state index contributed by atoms with van der Waals surface area (Å²) in [5, 5.41) is 0. The Kier molecular flexibility index (Phi) is 3.21. The summed E-state index contributed by atoms with van der Waals surface area (Å²) in [6, 6.07) is 0. The topological polar surface area (TPSA) is 9.23 Å². The summed E-state index contributed by atoms with van der Waals surface area (Å²) in [5.41, 5.74) is 1.47. The highest BCUT2D eigenvalue weighted by atomic mass is 16.5. The normalized spacial score (nSPS) is 16.2. The van der Waals surface area contributed by atoms with Crippen LogP contribution in [0.3, 0.4) is 0 Å². The Balaban J connectivity index is 2.43. The van der Waals surface area contributed by atoms with Crippen LogP contribution in [0.2, 0.25) is 0 Å². The van der Waals surface area contributed by atoms with Gasteiger partial charge in [0.25, 0.3) is 0 Å². The summed E-state index contributed by atoms with van der Waals surface area (Å²) in [4.78, 5) is 0. The number of hydrogen-bond donors (Lipinski definition) is 0. The van der Waals surface area contributed by atoms with Crippen LogP contribution in [-0.2, 0) is 4.74 Å². The maximum Gasteiger partial charge on any atom is 0.118 e. The first-order valence-electron chi connectivity index (χ1n) is 4.31. The largest absolute Gasteiger partial charge is 0.497 e. The average molecular weight is 152 g/mol. The van der Waals surface area contributed by atoms with E-state index < -0.39 is 0 Å². The first-order valence-corrected chi connectivity index (χ1v) is 4.31. The molecule has 11 heavy (non-hydrogen) atoms. The van der Waals surface area contributed by atoms with Crippen LogP contribution < -0.4 is 0 Å². The first kappa shape index (κ1) is 8.38. The standard InChI is InChI=1S/C10H16O/c1-3-4-6-9-7-5-8-10(9)11-2/h5,8H,3-4,6-7H2,1-2H3. The highest BCUT2D eigenvalue weighted by Gasteiger charge is 2.07. The third-order valence-electron chi connectivity index (χ3n) is 2.03. The van der Waals surface area contributed by atoms with E-state index in [-0.39, 0.29) is 0 Å². The lowest BCUT2D eigenvalue weighted by molar-refractivity contribution is 0.302. The quantitative estimate of drug-likeness (QED) is 0.601. The molecule has 1 aliphatic carbocycles. The lowest BCUT2D eigenvalue weighted by Gasteiger charge is -2.04. The van der Waals surface area contributed by atoms with Crippen molar-refractivity contribution in [3.63, 3.8) is 0 Å². The van der Waals surface area contributed by atoms with Crippen molar-refractivity contribution >= 4 is 0 Å². The molecule has 0 aromatic heterocycles. The van der Waals surface area contributed by atoms with Crippen molar-refractivity contribution in [2.24, 2.45) is 0 Å². The molecule has 1 aliphatic rings. The molecule has 0 amide bonds. The number of unbranched alkanes of at least 4 members (excludes halogenated alkanes) is 1. The summed E-state index contributed by atoms with van der Waals surface area (Å²) in [5.74, 6) is 1.10. The van der Waals surface area contributed by atoms with Gasteiger partial charge in [-0.15, -0.1) is 0 Å². The predicted molar refractivity (Wildman–Crippen MR) is 47.3 cm³/mol. The van der Waals surface area contributed by atoms with E-state index >= 15 is 0 Å². The van der Waals surface area contributed by atoms with Gasteiger partial charge in [0.15, 0.2) is 0 Å². The van der Waals surface area contributed by atoms with E-state index in [2.05, 4.69) is 19.1 Å². The minimum Gasteiger partial charge on any atom is -0.497 e. The van der Waals surface area contributed by atoms with Gasteiger partial charge in [-0.1, -0.05) is 19.4 Å². The van der Waals surface area contributed by atoms with Crippen molar-refractivity contribution in [1.82, 2.24) is 0 Å². The molecule has 1 nitrogen and oxygen atoms in total. The molecule has 0 saturated carbocycles. The summed E-state index contributed by atoms with van der Waals surface area (Å²) < 4.78 is 5.21. The second kappa shape index (κ2) is 4.22. The third-order valence-corrected chi connectivity index (χ3v) is 2.03. The zero-order valence-electron chi connectivity index (χ0n) is 7.39. The van der Waals surface area contributed by atoms with Crippen LogP contribution in [0.4, 0.5) is 0 Å². The monoisotopic (exact) mass is 152 g/mol. The molecular formula is C10H16O. The highest BCUT2D eigenvalue weighted by Crippen LogP contribution is 2.23. The molecule has 0 atom stereocenters. The number of rotatable bonds is 4. The number of allylic oxidation sites excluding steroid dienone is 3. The van der Waals surface area contributed by atoms with Gasteiger partial charge in [-0.2, -0.15) is 0 Å². The Labute approximate surface area is 68.8 Å². The van der Waals surface area contributed by atoms with E-state index in [0.29, 0.717) is 0 Å². The summed E-state index contributed by atoms with van der Waals surface area (Å²) in [6.07, 6.45) is 9.09. The van der Waals surface area contributed by atoms with Crippen LogP contribution in [-0.4, -0.2) is 7.11 Å². The van der Waals surface area contributed by atoms with Gasteiger partial charge in [0, 0.05) is 0 Å². The van der Waals surface area contributed by atoms with E-state index in [1.807, 2.05) is 0 Å². The fourth-order valence-corrected chi connectivity index (χ4v) is 1.35. The maximum absolute atomic E-state index is 5.21. The Morgan fingerprint density at radius 2 is 2.36 bits per heavy atom. The molecule has 0 fully saturated rings. The van der Waals surface area contributed by atoms with E-state index in [4.69, 9.17) is 4.74 Å². The van der Waals surface area contributed by atoms with Gasteiger partial charge in [-0.3, -0.25) is 0 Å². The molecule has 1 heteroatoms. The Hall–Kier alpha value is -0.720. The number of hydrogen-bond acceptors (Lipinski definition) is 1. The first-order chi connectivity index (χ1) is 5.38. The molecule has 0 bridgehead atoms. The summed E-state index contributed by atoms with van der Waals surface area (Å²) in [6.45, 7) is 2.22. The van der Waals surface area contributed by atoms with E-state index in [1.54, 1.807) is 7.11 Å². The van der Waals surface area contributed by atoms with Crippen LogP contribution in [0.1, 0.15) is 32.6 Å². The van der Waals surface area contributed by atoms with Crippen molar-refractivity contribution in [3.8, 4) is 0 Å². The van der Waals surface area contributed by atoms with Crippen molar-refractivity contribution in [3.05, 3.63) is 23.5 Å². The van der Waals surface area contributed by atoms with Gasteiger partial charge in [0.1, 0.15) is 5.76 Å². The van der Waals surface area contributed by atoms with Crippen molar-refractivity contribution in [1.29, 1.82) is 0 Å². The summed E-state index contributed by atoms with van der Waals surface area (Å²) in [7, 11) is 1.75. The third kappa shape index (κ3) is 2.11. The van der Waals surface area contributed by atoms with Crippen molar-refractivity contribution in [2.75, 3.05) is 7.11 Å². The van der Waals surface area contributed by atoms with Gasteiger partial charge < -0.3 is 4.74 Å². The number of methoxy groups -OCH3 is 1. The summed E-state index contributed by atoms with van der Waals surface area (Å²) >= 11 is 0. The Bertz CT molecular complexity index is 177. The minimum atomic E-state index is 1.10. The molecule has 0 aromatic rings. The molecule has 0 heterocycles. The van der Waals surface area contributed by atoms with Gasteiger partial charge >= 0.3 is 0 Å². The fraction of sp³-hybridized carbons (Fsp3) is 0.600. The SMILES string of the molecule is CCCCC1=C(OC)C=CC1. The van der Waals surface area contributed by atoms with Crippen LogP contribution in [0.25, 0.3) is 0 Å². The lowest BCUT2D eigenvalue weighted by atomic mass is 10.1. The van der Waals surface area contributed by atoms with E-state index in [0.717, 1.165) is 12.2 Å². The van der Waals surface area contributed by atoms with E-state index in [9.17, 15) is 0 Å². The average Bonchev–Trinajstić information content (AvgIpc) is 2.47. The molecular weight excluding hydrogens is 136 g/mol. The second-order valence-corrected chi connectivity index (χ2v) is 2.88. The molecule has 62 valence electrons. The maximum atomic E-state index is 5.21. The Morgan fingerprint density at radius 3 is 3.00 bits per heavy atom. The molecule has 0 N–H and O–H groups in total. The number of ether oxygens (including phenoxy) is 1. The van der Waals surface area contributed by atoms with Gasteiger partial charge in [-0.05, 0) is 30.9 Å². The van der Waals surface area contributed by atoms with Crippen molar-refractivity contribution in [2.45, 2.75) is 32.6 Å². The molecule has 0 saturated heterocycles. The van der Waals surface area contributed by atoms with Gasteiger partial charge in [-0.25, -0.2) is 0 Å². The highest BCUT2D eigenvalue weighted by molar-refractivity contribution is 5.29. The molecule has 0 radical (unpaired) electrons. The van der Waals surface area contributed by atoms with Crippen LogP contribution in [0.15, 0.2) is 23.5 Å². The Morgan fingerprint density at radius 1 is 1.55 bits per heavy atom. The molecule has 1 rings (SSSR count). The molecule has 0 aromatic carbocycles. The van der Waals surface area contributed by atoms with Crippen LogP contribution >= 0.6 is 0 Å². The van der Waals surface area contributed by atoms with Crippen LogP contribution in [0, 0.1) is 0 Å². The van der Waals surface area contributed by atoms with Crippen LogP contribution in [0.5, 0.6) is 0 Å². The minimum absolute atomic E-state index is 1.10. The molecule has 0 aliphatic heterocycles. The lowest BCUT2D eigenvalue weighted by Crippen LogP contribution is -1.87. The zero-order valence-corrected chi connectivity index (χ0v) is 7.39. The predicted octanol–water partition coefficient (Wildman–Crippen LogP) is 3.04. The van der Waals surface area contributed by atoms with Crippen molar-refractivity contribution < 1.29 is 4.74 Å². The second-order valence-electron chi connectivity index (χ2n) is 2.88. The van der Waals surface area contributed by atoms with Gasteiger partial charge in [0.2, 0.25) is 0 Å².